The van der Waals surface area contributed by atoms with Gasteiger partial charge in [0.05, 0.1) is 18.1 Å². The number of hydrogen-bond donors (Lipinski definition) is 1. The Bertz CT molecular complexity index is 968. The third kappa shape index (κ3) is 4.81. The molecule has 6 nitrogen and oxygen atoms in total. The van der Waals surface area contributed by atoms with E-state index in [9.17, 15) is 4.79 Å². The molecule has 0 saturated carbocycles. The monoisotopic (exact) mass is 402 g/mol. The van der Waals surface area contributed by atoms with Gasteiger partial charge in [0, 0.05) is 15.5 Å². The lowest BCUT2D eigenvalue weighted by Crippen LogP contribution is -2.11. The molecule has 0 aliphatic rings. The van der Waals surface area contributed by atoms with Gasteiger partial charge in [0.15, 0.2) is 10.9 Å². The summed E-state index contributed by atoms with van der Waals surface area (Å²) in [4.78, 5) is 26.0. The Morgan fingerprint density at radius 3 is 2.48 bits per heavy atom. The minimum absolute atomic E-state index is 0.0282. The fraction of sp³-hybridized carbons (Fsp3) is 0.263. The van der Waals surface area contributed by atoms with E-state index in [4.69, 9.17) is 16.3 Å². The number of thiazole rings is 1. The van der Waals surface area contributed by atoms with Gasteiger partial charge in [0.2, 0.25) is 0 Å². The first-order valence-corrected chi connectivity index (χ1v) is 9.44. The van der Waals surface area contributed by atoms with E-state index in [1.165, 1.54) is 30.1 Å². The summed E-state index contributed by atoms with van der Waals surface area (Å²) >= 11 is 7.62. The molecule has 0 atom stereocenters. The van der Waals surface area contributed by atoms with E-state index in [2.05, 4.69) is 41.0 Å². The fourth-order valence-electron chi connectivity index (χ4n) is 2.54. The maximum absolute atomic E-state index is 12.7. The summed E-state index contributed by atoms with van der Waals surface area (Å²) in [5.41, 5.74) is 1.26. The molecule has 0 unspecified atom stereocenters. The number of halogens is 1. The summed E-state index contributed by atoms with van der Waals surface area (Å²) in [6.45, 7) is 8.30. The van der Waals surface area contributed by atoms with Crippen molar-refractivity contribution in [3.8, 4) is 11.5 Å². The highest BCUT2D eigenvalue weighted by Gasteiger charge is 2.22. The maximum Gasteiger partial charge on any atom is 0.257 e. The Labute approximate surface area is 166 Å². The summed E-state index contributed by atoms with van der Waals surface area (Å²) in [7, 11) is 0. The van der Waals surface area contributed by atoms with Gasteiger partial charge in [-0.15, -0.1) is 11.3 Å². The van der Waals surface area contributed by atoms with Gasteiger partial charge in [-0.3, -0.25) is 10.1 Å². The summed E-state index contributed by atoms with van der Waals surface area (Å²) in [6.07, 6.45) is 4.46. The average molecular weight is 403 g/mol. The number of nitrogens with one attached hydrogen (secondary N) is 1. The van der Waals surface area contributed by atoms with Crippen LogP contribution in [0.4, 0.5) is 5.13 Å². The number of amides is 1. The molecule has 0 aliphatic carbocycles. The normalized spacial score (nSPS) is 11.3. The Hall–Kier alpha value is -2.51. The Morgan fingerprint density at radius 2 is 1.85 bits per heavy atom. The molecule has 3 rings (SSSR count). The average Bonchev–Trinajstić information content (AvgIpc) is 2.96. The number of aromatic nitrogens is 3. The molecule has 0 aliphatic heterocycles. The first-order valence-electron chi connectivity index (χ1n) is 8.25. The van der Waals surface area contributed by atoms with Crippen LogP contribution < -0.4 is 10.1 Å². The van der Waals surface area contributed by atoms with E-state index in [0.717, 1.165) is 10.6 Å². The third-order valence-corrected chi connectivity index (χ3v) is 5.32. The van der Waals surface area contributed by atoms with Crippen molar-refractivity contribution in [1.82, 2.24) is 15.0 Å². The molecule has 1 amide bonds. The Kier molecular flexibility index (Phi) is 5.43. The molecule has 140 valence electrons. The van der Waals surface area contributed by atoms with Crippen molar-refractivity contribution in [1.29, 1.82) is 0 Å². The molecule has 0 bridgehead atoms. The number of rotatable bonds is 4. The van der Waals surface area contributed by atoms with Gasteiger partial charge >= 0.3 is 0 Å². The summed E-state index contributed by atoms with van der Waals surface area (Å²) in [5.74, 6) is 0.575. The molecule has 0 spiro atoms. The first-order chi connectivity index (χ1) is 12.7. The zero-order valence-corrected chi connectivity index (χ0v) is 17.0. The van der Waals surface area contributed by atoms with Crippen LogP contribution >= 0.6 is 22.9 Å². The number of ether oxygens (including phenoxy) is 1. The van der Waals surface area contributed by atoms with Crippen LogP contribution in [0.5, 0.6) is 11.5 Å². The molecule has 3 aromatic rings. The van der Waals surface area contributed by atoms with Gasteiger partial charge in [-0.05, 0) is 30.5 Å². The van der Waals surface area contributed by atoms with Crippen LogP contribution in [0.25, 0.3) is 0 Å². The van der Waals surface area contributed by atoms with E-state index in [-0.39, 0.29) is 11.3 Å². The maximum atomic E-state index is 12.7. The minimum Gasteiger partial charge on any atom is -0.454 e. The predicted molar refractivity (Wildman–Crippen MR) is 107 cm³/mol. The third-order valence-electron chi connectivity index (χ3n) is 3.60. The van der Waals surface area contributed by atoms with Crippen molar-refractivity contribution in [2.75, 3.05) is 5.32 Å². The number of carbonyl (C=O) groups excluding carboxylic acids is 1. The van der Waals surface area contributed by atoms with Gasteiger partial charge < -0.3 is 4.74 Å². The van der Waals surface area contributed by atoms with Crippen LogP contribution in [0.15, 0.2) is 36.9 Å². The summed E-state index contributed by atoms with van der Waals surface area (Å²) in [5, 5.41) is 3.79. The second-order valence-corrected chi connectivity index (χ2v) is 8.43. The van der Waals surface area contributed by atoms with Crippen molar-refractivity contribution in [2.24, 2.45) is 0 Å². The van der Waals surface area contributed by atoms with Gasteiger partial charge in [-0.25, -0.2) is 15.0 Å². The Morgan fingerprint density at radius 1 is 1.15 bits per heavy atom. The van der Waals surface area contributed by atoms with Crippen LogP contribution in [0.2, 0.25) is 5.02 Å². The number of anilines is 1. The van der Waals surface area contributed by atoms with Crippen molar-refractivity contribution in [3.63, 3.8) is 0 Å². The van der Waals surface area contributed by atoms with E-state index in [1.807, 2.05) is 6.92 Å². The van der Waals surface area contributed by atoms with Crippen molar-refractivity contribution in [2.45, 2.75) is 33.1 Å². The number of nitrogens with zero attached hydrogens (tertiary/aromatic N) is 3. The lowest BCUT2D eigenvalue weighted by molar-refractivity contribution is 0.102. The van der Waals surface area contributed by atoms with E-state index in [0.29, 0.717) is 27.2 Å². The van der Waals surface area contributed by atoms with Crippen LogP contribution in [0.3, 0.4) is 0 Å². The molecule has 1 N–H and O–H groups in total. The number of hydrogen-bond acceptors (Lipinski definition) is 6. The summed E-state index contributed by atoms with van der Waals surface area (Å²) in [6, 6.07) is 4.81. The molecule has 1 aromatic carbocycles. The number of benzene rings is 1. The highest BCUT2D eigenvalue weighted by atomic mass is 35.5. The smallest absolute Gasteiger partial charge is 0.257 e. The van der Waals surface area contributed by atoms with Crippen LogP contribution in [0.1, 0.15) is 41.7 Å². The number of carbonyl (C=O) groups is 1. The highest BCUT2D eigenvalue weighted by molar-refractivity contribution is 7.16. The van der Waals surface area contributed by atoms with Gasteiger partial charge in [0.1, 0.15) is 12.1 Å². The standard InChI is InChI=1S/C19H19ClN4O2S/c1-11-16(19(2,3)4)27-18(23-11)24-17(25)12-5-13(20)7-14(6-12)26-15-8-21-10-22-9-15/h5-10H,1-4H3,(H,23,24,25). The van der Waals surface area contributed by atoms with Crippen LogP contribution in [0, 0.1) is 6.92 Å². The Balaban J connectivity index is 1.81. The molecular formula is C19H19ClN4O2S. The van der Waals surface area contributed by atoms with E-state index in [1.54, 1.807) is 18.2 Å². The SMILES string of the molecule is Cc1nc(NC(=O)c2cc(Cl)cc(Oc3cncnc3)c2)sc1C(C)(C)C. The van der Waals surface area contributed by atoms with Crippen LogP contribution in [-0.4, -0.2) is 20.9 Å². The molecule has 0 saturated heterocycles. The van der Waals surface area contributed by atoms with Gasteiger partial charge in [0.25, 0.3) is 5.91 Å². The highest BCUT2D eigenvalue weighted by Crippen LogP contribution is 2.34. The van der Waals surface area contributed by atoms with E-state index < -0.39 is 0 Å². The molecule has 8 heteroatoms. The van der Waals surface area contributed by atoms with Gasteiger partial charge in [-0.1, -0.05) is 32.4 Å². The van der Waals surface area contributed by atoms with Crippen molar-refractivity contribution >= 4 is 34.0 Å². The molecule has 0 fully saturated rings. The quantitative estimate of drug-likeness (QED) is 0.645. The topological polar surface area (TPSA) is 77.0 Å². The van der Waals surface area contributed by atoms with Gasteiger partial charge in [-0.2, -0.15) is 0 Å². The van der Waals surface area contributed by atoms with Crippen molar-refractivity contribution in [3.05, 3.63) is 58.1 Å². The second kappa shape index (κ2) is 7.62. The summed E-state index contributed by atoms with van der Waals surface area (Å²) < 4.78 is 5.67. The molecule has 2 aromatic heterocycles. The predicted octanol–water partition coefficient (Wildman–Crippen LogP) is 5.24. The largest absolute Gasteiger partial charge is 0.454 e. The second-order valence-electron chi connectivity index (χ2n) is 6.99. The zero-order valence-electron chi connectivity index (χ0n) is 15.4. The van der Waals surface area contributed by atoms with Crippen LogP contribution in [-0.2, 0) is 5.41 Å². The fourth-order valence-corrected chi connectivity index (χ4v) is 3.79. The van der Waals surface area contributed by atoms with E-state index >= 15 is 0 Å². The lowest BCUT2D eigenvalue weighted by Gasteiger charge is -2.16. The lowest BCUT2D eigenvalue weighted by atomic mass is 9.94. The molecule has 2 heterocycles. The zero-order chi connectivity index (χ0) is 19.6. The number of aryl methyl sites for hydroxylation is 1. The minimum atomic E-state index is -0.305. The first kappa shape index (κ1) is 19.3. The van der Waals surface area contributed by atoms with Crippen molar-refractivity contribution < 1.29 is 9.53 Å². The molecule has 27 heavy (non-hydrogen) atoms. The molecule has 0 radical (unpaired) electrons. The molecular weight excluding hydrogens is 384 g/mol.